The van der Waals surface area contributed by atoms with Gasteiger partial charge in [0.05, 0.1) is 6.54 Å². The number of carbonyl (C=O) groups excluding carboxylic acids is 1. The fraction of sp³-hybridized carbons (Fsp3) is 0.292. The van der Waals surface area contributed by atoms with Crippen LogP contribution in [-0.4, -0.2) is 21.9 Å². The molecule has 0 radical (unpaired) electrons. The van der Waals surface area contributed by atoms with Gasteiger partial charge >= 0.3 is 0 Å². The summed E-state index contributed by atoms with van der Waals surface area (Å²) in [4.78, 5) is 15.0. The fourth-order valence-corrected chi connectivity index (χ4v) is 3.77. The molecule has 1 aromatic heterocycles. The van der Waals surface area contributed by atoms with Gasteiger partial charge in [0.15, 0.2) is 0 Å². The summed E-state index contributed by atoms with van der Waals surface area (Å²) in [5.41, 5.74) is 2.94. The van der Waals surface area contributed by atoms with Crippen LogP contribution in [0.2, 0.25) is 5.02 Å². The van der Waals surface area contributed by atoms with Crippen LogP contribution >= 0.6 is 23.2 Å². The number of alkyl halides is 1. The summed E-state index contributed by atoms with van der Waals surface area (Å²) < 4.78 is 2.14. The van der Waals surface area contributed by atoms with Crippen molar-refractivity contribution in [3.05, 3.63) is 94.8 Å². The predicted octanol–water partition coefficient (Wildman–Crippen LogP) is 6.30. The zero-order chi connectivity index (χ0) is 20.6. The van der Waals surface area contributed by atoms with E-state index in [1.807, 2.05) is 71.8 Å². The van der Waals surface area contributed by atoms with Gasteiger partial charge in [-0.1, -0.05) is 73.5 Å². The number of hydrogen-bond acceptors (Lipinski definition) is 1. The van der Waals surface area contributed by atoms with Gasteiger partial charge in [-0.05, 0) is 35.7 Å². The van der Waals surface area contributed by atoms with Crippen molar-refractivity contribution in [3.63, 3.8) is 0 Å². The Hall–Kier alpha value is -2.23. The van der Waals surface area contributed by atoms with Crippen LogP contribution in [-0.2, 0) is 17.9 Å². The fourth-order valence-electron chi connectivity index (χ4n) is 3.29. The number of carbonyl (C=O) groups is 1. The second kappa shape index (κ2) is 10.5. The highest BCUT2D eigenvalue weighted by atomic mass is 35.5. The molecule has 1 atom stereocenters. The van der Waals surface area contributed by atoms with Gasteiger partial charge in [-0.25, -0.2) is 0 Å². The molecular formula is C24H26Cl2N2O. The molecule has 152 valence electrons. The molecule has 29 heavy (non-hydrogen) atoms. The summed E-state index contributed by atoms with van der Waals surface area (Å²) >= 11 is 12.9. The number of unbranched alkanes of at least 4 members (excludes halogenated alkanes) is 1. The van der Waals surface area contributed by atoms with Crippen molar-refractivity contribution in [1.82, 2.24) is 9.47 Å². The Kier molecular flexibility index (Phi) is 7.79. The van der Waals surface area contributed by atoms with Gasteiger partial charge in [-0.2, -0.15) is 0 Å². The number of amides is 1. The van der Waals surface area contributed by atoms with E-state index in [2.05, 4.69) is 17.6 Å². The summed E-state index contributed by atoms with van der Waals surface area (Å²) in [6.45, 7) is 3.99. The highest BCUT2D eigenvalue weighted by Crippen LogP contribution is 2.25. The van der Waals surface area contributed by atoms with E-state index in [4.69, 9.17) is 23.2 Å². The molecule has 0 fully saturated rings. The third kappa shape index (κ3) is 5.65. The summed E-state index contributed by atoms with van der Waals surface area (Å²) in [5.74, 6) is -0.0585. The Morgan fingerprint density at radius 2 is 1.76 bits per heavy atom. The summed E-state index contributed by atoms with van der Waals surface area (Å²) in [5, 5.41) is 0.0657. The lowest BCUT2D eigenvalue weighted by atomic mass is 10.1. The molecule has 0 bridgehead atoms. The average molecular weight is 429 g/mol. The normalized spacial score (nSPS) is 12.0. The molecule has 5 heteroatoms. The highest BCUT2D eigenvalue weighted by Gasteiger charge is 2.24. The molecule has 1 unspecified atom stereocenters. The van der Waals surface area contributed by atoms with Gasteiger partial charge in [-0.3, -0.25) is 4.79 Å². The number of halogens is 2. The van der Waals surface area contributed by atoms with Crippen LogP contribution in [0.4, 0.5) is 0 Å². The topological polar surface area (TPSA) is 25.2 Å². The monoisotopic (exact) mass is 428 g/mol. The quantitative estimate of drug-likeness (QED) is 0.367. The zero-order valence-electron chi connectivity index (χ0n) is 16.6. The molecule has 3 aromatic rings. The Bertz CT molecular complexity index is 923. The van der Waals surface area contributed by atoms with E-state index in [1.54, 1.807) is 0 Å². The van der Waals surface area contributed by atoms with E-state index >= 15 is 0 Å². The molecule has 0 aliphatic carbocycles. The molecule has 1 heterocycles. The molecule has 0 aliphatic rings. The van der Waals surface area contributed by atoms with Crippen molar-refractivity contribution < 1.29 is 4.79 Å². The maximum absolute atomic E-state index is 13.2. The second-order valence-corrected chi connectivity index (χ2v) is 7.95. The van der Waals surface area contributed by atoms with Crippen LogP contribution in [0, 0.1) is 0 Å². The minimum absolute atomic E-state index is 0.0585. The lowest BCUT2D eigenvalue weighted by molar-refractivity contribution is -0.131. The van der Waals surface area contributed by atoms with E-state index in [-0.39, 0.29) is 5.91 Å². The van der Waals surface area contributed by atoms with E-state index in [0.717, 1.165) is 34.7 Å². The van der Waals surface area contributed by atoms with Gasteiger partial charge in [0, 0.05) is 30.0 Å². The van der Waals surface area contributed by atoms with Crippen LogP contribution in [0.3, 0.4) is 0 Å². The van der Waals surface area contributed by atoms with Crippen LogP contribution in [0.25, 0.3) is 0 Å². The lowest BCUT2D eigenvalue weighted by Crippen LogP contribution is -2.34. The van der Waals surface area contributed by atoms with Gasteiger partial charge < -0.3 is 9.47 Å². The molecule has 0 spiro atoms. The molecule has 0 N–H and O–H groups in total. The third-order valence-electron chi connectivity index (χ3n) is 4.98. The van der Waals surface area contributed by atoms with Crippen LogP contribution < -0.4 is 0 Å². The Balaban J connectivity index is 1.78. The van der Waals surface area contributed by atoms with Crippen molar-refractivity contribution >= 4 is 29.1 Å². The zero-order valence-corrected chi connectivity index (χ0v) is 18.1. The average Bonchev–Trinajstić information content (AvgIpc) is 3.19. The minimum Gasteiger partial charge on any atom is -0.345 e. The van der Waals surface area contributed by atoms with Crippen molar-refractivity contribution in [2.45, 2.75) is 38.2 Å². The van der Waals surface area contributed by atoms with Crippen LogP contribution in [0.5, 0.6) is 0 Å². The maximum Gasteiger partial charge on any atom is 0.245 e. The summed E-state index contributed by atoms with van der Waals surface area (Å²) in [6.07, 6.45) is 3.98. The largest absolute Gasteiger partial charge is 0.345 e. The third-order valence-corrected chi connectivity index (χ3v) is 5.78. The van der Waals surface area contributed by atoms with Gasteiger partial charge in [0.1, 0.15) is 5.38 Å². The van der Waals surface area contributed by atoms with Gasteiger partial charge in [-0.15, -0.1) is 11.6 Å². The smallest absolute Gasteiger partial charge is 0.245 e. The standard InChI is InChI=1S/C24H26Cl2N2O/c1-2-3-15-28(24(29)23(26)19-10-5-4-6-11-19)18-21-13-9-16-27(21)17-20-12-7-8-14-22(20)25/h4-14,16,23H,2-3,15,17-18H2,1H3. The van der Waals surface area contributed by atoms with Crippen LogP contribution in [0.1, 0.15) is 42.0 Å². The number of aromatic nitrogens is 1. The molecular weight excluding hydrogens is 403 g/mol. The second-order valence-electron chi connectivity index (χ2n) is 7.11. The predicted molar refractivity (Wildman–Crippen MR) is 120 cm³/mol. The number of hydrogen-bond donors (Lipinski definition) is 0. The molecule has 0 aliphatic heterocycles. The molecule has 0 saturated heterocycles. The highest BCUT2D eigenvalue weighted by molar-refractivity contribution is 6.31. The molecule has 3 nitrogen and oxygen atoms in total. The van der Waals surface area contributed by atoms with E-state index in [1.165, 1.54) is 0 Å². The maximum atomic E-state index is 13.2. The van der Waals surface area contributed by atoms with E-state index in [0.29, 0.717) is 19.6 Å². The Morgan fingerprint density at radius 3 is 2.48 bits per heavy atom. The van der Waals surface area contributed by atoms with Gasteiger partial charge in [0.25, 0.3) is 0 Å². The first-order valence-corrected chi connectivity index (χ1v) is 10.8. The van der Waals surface area contributed by atoms with Crippen molar-refractivity contribution in [2.24, 2.45) is 0 Å². The molecule has 0 saturated carbocycles. The molecule has 2 aromatic carbocycles. The Labute approximate surface area is 182 Å². The first kappa shape index (κ1) is 21.5. The van der Waals surface area contributed by atoms with Crippen molar-refractivity contribution in [3.8, 4) is 0 Å². The minimum atomic E-state index is -0.681. The van der Waals surface area contributed by atoms with E-state index < -0.39 is 5.38 Å². The SMILES string of the molecule is CCCCN(Cc1cccn1Cc1ccccc1Cl)C(=O)C(Cl)c1ccccc1. The lowest BCUT2D eigenvalue weighted by Gasteiger charge is -2.26. The Morgan fingerprint density at radius 1 is 1.03 bits per heavy atom. The number of nitrogens with zero attached hydrogens (tertiary/aromatic N) is 2. The van der Waals surface area contributed by atoms with Crippen molar-refractivity contribution in [2.75, 3.05) is 6.54 Å². The first-order valence-electron chi connectivity index (χ1n) is 9.95. The first-order chi connectivity index (χ1) is 14.1. The summed E-state index contributed by atoms with van der Waals surface area (Å²) in [7, 11) is 0. The van der Waals surface area contributed by atoms with E-state index in [9.17, 15) is 4.79 Å². The van der Waals surface area contributed by atoms with Gasteiger partial charge in [0.2, 0.25) is 5.91 Å². The number of benzene rings is 2. The number of rotatable bonds is 9. The molecule has 1 amide bonds. The molecule has 3 rings (SSSR count). The van der Waals surface area contributed by atoms with Crippen LogP contribution in [0.15, 0.2) is 72.9 Å². The van der Waals surface area contributed by atoms with Crippen molar-refractivity contribution in [1.29, 1.82) is 0 Å². The summed E-state index contributed by atoms with van der Waals surface area (Å²) in [6, 6.07) is 21.4.